The van der Waals surface area contributed by atoms with Crippen molar-refractivity contribution in [2.75, 3.05) is 19.6 Å². The number of carbonyl (C=O) groups excluding carboxylic acids is 1. The van der Waals surface area contributed by atoms with E-state index in [1.54, 1.807) is 0 Å². The molecule has 19 heavy (non-hydrogen) atoms. The average Bonchev–Trinajstić information content (AvgIpc) is 2.36. The van der Waals surface area contributed by atoms with E-state index in [4.69, 9.17) is 0 Å². The maximum Gasteiger partial charge on any atom is 0.308 e. The molecule has 0 spiro atoms. The molecule has 0 aliphatic carbocycles. The van der Waals surface area contributed by atoms with Crippen LogP contribution in [0.2, 0.25) is 0 Å². The first kappa shape index (κ1) is 15.0. The fourth-order valence-corrected chi connectivity index (χ4v) is 1.41. The van der Waals surface area contributed by atoms with Gasteiger partial charge in [-0.1, -0.05) is 6.92 Å². The molecule has 1 rings (SSSR count). The van der Waals surface area contributed by atoms with E-state index in [1.165, 1.54) is 0 Å². The van der Waals surface area contributed by atoms with Gasteiger partial charge in [-0.3, -0.25) is 14.9 Å². The third kappa shape index (κ3) is 3.95. The number of carbonyl (C=O) groups is 1. The van der Waals surface area contributed by atoms with Crippen molar-refractivity contribution < 1.29 is 18.5 Å². The fourth-order valence-electron chi connectivity index (χ4n) is 1.41. The SMILES string of the molecule is CCNCCNC(=O)c1cc(F)cc([N+](=O)[O-])c1F. The average molecular weight is 273 g/mol. The van der Waals surface area contributed by atoms with Gasteiger partial charge in [-0.05, 0) is 12.6 Å². The van der Waals surface area contributed by atoms with Crippen LogP contribution in [0.4, 0.5) is 14.5 Å². The van der Waals surface area contributed by atoms with E-state index in [0.717, 1.165) is 0 Å². The molecule has 104 valence electrons. The van der Waals surface area contributed by atoms with Crippen molar-refractivity contribution in [3.63, 3.8) is 0 Å². The molecule has 2 N–H and O–H groups in total. The monoisotopic (exact) mass is 273 g/mol. The summed E-state index contributed by atoms with van der Waals surface area (Å²) in [6.45, 7) is 3.24. The summed E-state index contributed by atoms with van der Waals surface area (Å²) in [5.74, 6) is -3.27. The zero-order valence-corrected chi connectivity index (χ0v) is 10.2. The second-order valence-corrected chi connectivity index (χ2v) is 3.65. The van der Waals surface area contributed by atoms with E-state index >= 15 is 0 Å². The summed E-state index contributed by atoms with van der Waals surface area (Å²) in [5, 5.41) is 15.8. The lowest BCUT2D eigenvalue weighted by Gasteiger charge is -2.06. The van der Waals surface area contributed by atoms with Crippen molar-refractivity contribution in [2.45, 2.75) is 6.92 Å². The molecule has 0 fully saturated rings. The van der Waals surface area contributed by atoms with E-state index in [1.807, 2.05) is 6.92 Å². The van der Waals surface area contributed by atoms with Gasteiger partial charge in [0.05, 0.1) is 16.6 Å². The highest BCUT2D eigenvalue weighted by molar-refractivity contribution is 5.95. The van der Waals surface area contributed by atoms with Crippen LogP contribution in [-0.4, -0.2) is 30.5 Å². The van der Waals surface area contributed by atoms with Crippen LogP contribution in [0.3, 0.4) is 0 Å². The molecule has 0 bridgehead atoms. The van der Waals surface area contributed by atoms with E-state index in [0.29, 0.717) is 25.2 Å². The van der Waals surface area contributed by atoms with Crippen LogP contribution in [0.5, 0.6) is 0 Å². The summed E-state index contributed by atoms with van der Waals surface area (Å²) < 4.78 is 26.8. The quantitative estimate of drug-likeness (QED) is 0.463. The minimum atomic E-state index is -1.34. The number of hydrogen-bond acceptors (Lipinski definition) is 4. The number of likely N-dealkylation sites (N-methyl/N-ethyl adjacent to an activating group) is 1. The Morgan fingerprint density at radius 2 is 2.05 bits per heavy atom. The summed E-state index contributed by atoms with van der Waals surface area (Å²) in [7, 11) is 0. The van der Waals surface area contributed by atoms with Crippen LogP contribution in [0.15, 0.2) is 12.1 Å². The lowest BCUT2D eigenvalue weighted by Crippen LogP contribution is -2.32. The van der Waals surface area contributed by atoms with E-state index < -0.39 is 33.7 Å². The summed E-state index contributed by atoms with van der Waals surface area (Å²) in [6, 6.07) is 1.07. The normalized spacial score (nSPS) is 10.3. The van der Waals surface area contributed by atoms with Gasteiger partial charge in [0.15, 0.2) is 0 Å². The lowest BCUT2D eigenvalue weighted by molar-refractivity contribution is -0.387. The Hall–Kier alpha value is -2.09. The molecule has 0 aliphatic heterocycles. The topological polar surface area (TPSA) is 84.3 Å². The first-order chi connectivity index (χ1) is 8.97. The number of nitrogens with zero attached hydrogens (tertiary/aromatic N) is 1. The second-order valence-electron chi connectivity index (χ2n) is 3.65. The first-order valence-electron chi connectivity index (χ1n) is 5.59. The Kier molecular flexibility index (Phi) is 5.31. The predicted octanol–water partition coefficient (Wildman–Crippen LogP) is 1.21. The van der Waals surface area contributed by atoms with Crippen LogP contribution in [0, 0.1) is 21.7 Å². The first-order valence-corrected chi connectivity index (χ1v) is 5.59. The molecule has 6 nitrogen and oxygen atoms in total. The molecular weight excluding hydrogens is 260 g/mol. The highest BCUT2D eigenvalue weighted by atomic mass is 19.1. The largest absolute Gasteiger partial charge is 0.351 e. The Labute approximate surface area is 108 Å². The Morgan fingerprint density at radius 3 is 2.63 bits per heavy atom. The van der Waals surface area contributed by atoms with Gasteiger partial charge < -0.3 is 10.6 Å². The molecule has 1 aromatic rings. The van der Waals surface area contributed by atoms with Crippen molar-refractivity contribution in [3.05, 3.63) is 39.4 Å². The summed E-state index contributed by atoms with van der Waals surface area (Å²) in [6.07, 6.45) is 0. The molecule has 0 saturated carbocycles. The van der Waals surface area contributed by atoms with Crippen LogP contribution < -0.4 is 10.6 Å². The maximum absolute atomic E-state index is 13.6. The maximum atomic E-state index is 13.6. The van der Waals surface area contributed by atoms with Crippen molar-refractivity contribution >= 4 is 11.6 Å². The third-order valence-corrected chi connectivity index (χ3v) is 2.30. The van der Waals surface area contributed by atoms with Crippen LogP contribution in [0.25, 0.3) is 0 Å². The molecular formula is C11H13F2N3O3. The van der Waals surface area contributed by atoms with Crippen molar-refractivity contribution in [1.82, 2.24) is 10.6 Å². The number of benzene rings is 1. The van der Waals surface area contributed by atoms with Crippen LogP contribution >= 0.6 is 0 Å². The van der Waals surface area contributed by atoms with Gasteiger partial charge in [0.25, 0.3) is 5.91 Å². The number of amides is 1. The molecule has 0 radical (unpaired) electrons. The number of nitrogens with one attached hydrogen (secondary N) is 2. The Morgan fingerprint density at radius 1 is 1.37 bits per heavy atom. The fraction of sp³-hybridized carbons (Fsp3) is 0.364. The van der Waals surface area contributed by atoms with E-state index in [9.17, 15) is 23.7 Å². The van der Waals surface area contributed by atoms with Crippen molar-refractivity contribution in [2.24, 2.45) is 0 Å². The van der Waals surface area contributed by atoms with Gasteiger partial charge in [-0.25, -0.2) is 4.39 Å². The van der Waals surface area contributed by atoms with Gasteiger partial charge in [0.1, 0.15) is 5.82 Å². The number of nitro groups is 1. The van der Waals surface area contributed by atoms with Gasteiger partial charge in [0.2, 0.25) is 5.82 Å². The minimum Gasteiger partial charge on any atom is -0.351 e. The lowest BCUT2D eigenvalue weighted by atomic mass is 10.1. The molecule has 1 aromatic carbocycles. The van der Waals surface area contributed by atoms with Crippen molar-refractivity contribution in [3.8, 4) is 0 Å². The van der Waals surface area contributed by atoms with Gasteiger partial charge >= 0.3 is 5.69 Å². The summed E-state index contributed by atoms with van der Waals surface area (Å²) >= 11 is 0. The molecule has 0 saturated heterocycles. The zero-order valence-electron chi connectivity index (χ0n) is 10.2. The van der Waals surface area contributed by atoms with Gasteiger partial charge in [-0.2, -0.15) is 4.39 Å². The number of rotatable bonds is 6. The second kappa shape index (κ2) is 6.74. The molecule has 8 heteroatoms. The molecule has 1 amide bonds. The van der Waals surface area contributed by atoms with Gasteiger partial charge in [-0.15, -0.1) is 0 Å². The summed E-state index contributed by atoms with van der Waals surface area (Å²) in [5.41, 5.74) is -1.74. The highest BCUT2D eigenvalue weighted by Gasteiger charge is 2.23. The van der Waals surface area contributed by atoms with Crippen LogP contribution in [-0.2, 0) is 0 Å². The molecule has 0 unspecified atom stereocenters. The smallest absolute Gasteiger partial charge is 0.308 e. The number of nitro benzene ring substituents is 1. The Balaban J connectivity index is 2.88. The molecule has 0 atom stereocenters. The van der Waals surface area contributed by atoms with Gasteiger partial charge in [0, 0.05) is 13.1 Å². The predicted molar refractivity (Wildman–Crippen MR) is 63.9 cm³/mol. The van der Waals surface area contributed by atoms with Crippen LogP contribution in [0.1, 0.15) is 17.3 Å². The summed E-state index contributed by atoms with van der Waals surface area (Å²) in [4.78, 5) is 21.0. The molecule has 0 heterocycles. The Bertz CT molecular complexity index is 494. The van der Waals surface area contributed by atoms with E-state index in [-0.39, 0.29) is 6.54 Å². The van der Waals surface area contributed by atoms with Crippen molar-refractivity contribution in [1.29, 1.82) is 0 Å². The highest BCUT2D eigenvalue weighted by Crippen LogP contribution is 2.22. The standard InChI is InChI=1S/C11H13F2N3O3/c1-2-14-3-4-15-11(17)8-5-7(12)6-9(10(8)13)16(18)19/h5-6,14H,2-4H2,1H3,(H,15,17). The third-order valence-electron chi connectivity index (χ3n) is 2.30. The minimum absolute atomic E-state index is 0.205. The van der Waals surface area contributed by atoms with E-state index in [2.05, 4.69) is 10.6 Å². The number of hydrogen-bond donors (Lipinski definition) is 2. The zero-order chi connectivity index (χ0) is 14.4. The molecule has 0 aromatic heterocycles. The molecule has 0 aliphatic rings. The number of halogens is 2.